The minimum Gasteiger partial charge on any atom is -0.462 e. The normalized spacial score (nSPS) is 11.7. The molecule has 0 bridgehead atoms. The number of fused-ring (bicyclic) bond motifs is 1. The van der Waals surface area contributed by atoms with Crippen molar-refractivity contribution < 1.29 is 14.3 Å². The van der Waals surface area contributed by atoms with Crippen molar-refractivity contribution in [2.75, 3.05) is 11.5 Å². The molecule has 0 unspecified atom stereocenters. The fourth-order valence-electron chi connectivity index (χ4n) is 3.29. The lowest BCUT2D eigenvalue weighted by molar-refractivity contribution is -0.126. The van der Waals surface area contributed by atoms with E-state index in [-0.39, 0.29) is 18.6 Å². The number of rotatable bonds is 5. The molecule has 0 fully saturated rings. The molecule has 0 atom stereocenters. The molecule has 158 valence electrons. The third-order valence-electron chi connectivity index (χ3n) is 4.69. The van der Waals surface area contributed by atoms with E-state index < -0.39 is 11.4 Å². The van der Waals surface area contributed by atoms with Crippen LogP contribution in [0.1, 0.15) is 51.9 Å². The second kappa shape index (κ2) is 8.26. The first-order valence-electron chi connectivity index (χ1n) is 10.1. The molecule has 3 aromatic rings. The monoisotopic (exact) mass is 408 g/mol. The van der Waals surface area contributed by atoms with Crippen molar-refractivity contribution in [1.29, 1.82) is 0 Å². The van der Waals surface area contributed by atoms with Crippen LogP contribution in [0, 0.1) is 5.41 Å². The molecule has 0 aliphatic carbocycles. The van der Waals surface area contributed by atoms with Crippen molar-refractivity contribution in [2.45, 2.75) is 47.6 Å². The molecule has 0 radical (unpaired) electrons. The van der Waals surface area contributed by atoms with Gasteiger partial charge in [-0.15, -0.1) is 0 Å². The van der Waals surface area contributed by atoms with Crippen molar-refractivity contribution in [3.05, 3.63) is 48.3 Å². The van der Waals surface area contributed by atoms with Crippen molar-refractivity contribution >= 4 is 23.2 Å². The lowest BCUT2D eigenvalue weighted by Gasteiger charge is -2.33. The summed E-state index contributed by atoms with van der Waals surface area (Å²) in [6.45, 7) is 11.8. The summed E-state index contributed by atoms with van der Waals surface area (Å²) < 4.78 is 6.72. The number of carbonyl (C=O) groups excluding carboxylic acids is 2. The second-order valence-electron chi connectivity index (χ2n) is 8.41. The maximum absolute atomic E-state index is 13.1. The Morgan fingerprint density at radius 2 is 1.93 bits per heavy atom. The maximum atomic E-state index is 13.1. The molecule has 30 heavy (non-hydrogen) atoms. The van der Waals surface area contributed by atoms with E-state index in [0.717, 1.165) is 16.9 Å². The van der Waals surface area contributed by atoms with Crippen molar-refractivity contribution in [3.63, 3.8) is 0 Å². The predicted molar refractivity (Wildman–Crippen MR) is 116 cm³/mol. The van der Waals surface area contributed by atoms with Crippen LogP contribution >= 0.6 is 0 Å². The van der Waals surface area contributed by atoms with Gasteiger partial charge in [0.05, 0.1) is 18.5 Å². The largest absolute Gasteiger partial charge is 0.462 e. The number of benzene rings is 1. The molecule has 1 aromatic carbocycles. The molecule has 1 amide bonds. The summed E-state index contributed by atoms with van der Waals surface area (Å²) in [5.41, 5.74) is 2.70. The molecule has 7 nitrogen and oxygen atoms in total. The van der Waals surface area contributed by atoms with Gasteiger partial charge in [0.2, 0.25) is 5.91 Å². The quantitative estimate of drug-likeness (QED) is 0.586. The van der Waals surface area contributed by atoms with Crippen LogP contribution in [0.4, 0.5) is 5.69 Å². The molecule has 3 rings (SSSR count). The molecular formula is C23H28N4O3. The van der Waals surface area contributed by atoms with E-state index >= 15 is 0 Å². The highest BCUT2D eigenvalue weighted by Crippen LogP contribution is 2.30. The third kappa shape index (κ3) is 4.06. The molecule has 2 aromatic heterocycles. The molecule has 0 saturated heterocycles. The van der Waals surface area contributed by atoms with E-state index in [1.165, 1.54) is 6.20 Å². The fourth-order valence-corrected chi connectivity index (χ4v) is 3.29. The molecule has 7 heteroatoms. The van der Waals surface area contributed by atoms with Gasteiger partial charge >= 0.3 is 5.97 Å². The summed E-state index contributed by atoms with van der Waals surface area (Å²) in [6.07, 6.45) is 3.11. The van der Waals surface area contributed by atoms with Gasteiger partial charge < -0.3 is 9.64 Å². The number of esters is 1. The zero-order valence-electron chi connectivity index (χ0n) is 18.3. The Hall–Kier alpha value is -3.22. The highest BCUT2D eigenvalue weighted by Gasteiger charge is 2.30. The molecule has 0 aliphatic heterocycles. The molecule has 0 aliphatic rings. The van der Waals surface area contributed by atoms with Gasteiger partial charge in [-0.05, 0) is 39.0 Å². The maximum Gasteiger partial charge on any atom is 0.343 e. The van der Waals surface area contributed by atoms with E-state index in [2.05, 4.69) is 10.1 Å². The van der Waals surface area contributed by atoms with Gasteiger partial charge in [0, 0.05) is 28.9 Å². The first-order chi connectivity index (χ1) is 14.1. The smallest absolute Gasteiger partial charge is 0.343 e. The lowest BCUT2D eigenvalue weighted by Crippen LogP contribution is -2.43. The first-order valence-corrected chi connectivity index (χ1v) is 10.1. The van der Waals surface area contributed by atoms with Crippen molar-refractivity contribution in [3.8, 4) is 11.3 Å². The van der Waals surface area contributed by atoms with Crippen molar-refractivity contribution in [1.82, 2.24) is 14.6 Å². The Balaban J connectivity index is 2.09. The molecule has 0 N–H and O–H groups in total. The zero-order chi connectivity index (χ0) is 22.1. The number of nitrogens with zero attached hydrogens (tertiary/aromatic N) is 4. The van der Waals surface area contributed by atoms with E-state index in [1.54, 1.807) is 17.6 Å². The molecular weight excluding hydrogens is 380 g/mol. The highest BCUT2D eigenvalue weighted by atomic mass is 16.5. The number of amides is 1. The second-order valence-corrected chi connectivity index (χ2v) is 8.41. The fraction of sp³-hybridized carbons (Fsp3) is 0.391. The minimum absolute atomic E-state index is 0.00422. The summed E-state index contributed by atoms with van der Waals surface area (Å²) in [5.74, 6) is -0.397. The van der Waals surface area contributed by atoms with Gasteiger partial charge in [0.25, 0.3) is 0 Å². The Bertz CT molecular complexity index is 1080. The zero-order valence-corrected chi connectivity index (χ0v) is 18.3. The summed E-state index contributed by atoms with van der Waals surface area (Å²) >= 11 is 0. The summed E-state index contributed by atoms with van der Waals surface area (Å²) in [5, 5.41) is 4.36. The molecule has 0 spiro atoms. The average Bonchev–Trinajstić information content (AvgIpc) is 3.12. The van der Waals surface area contributed by atoms with Crippen LogP contribution in [0.3, 0.4) is 0 Å². The Morgan fingerprint density at radius 1 is 1.20 bits per heavy atom. The number of ether oxygens (including phenoxy) is 1. The molecule has 2 heterocycles. The molecule has 0 saturated carbocycles. The topological polar surface area (TPSA) is 76.8 Å². The van der Waals surface area contributed by atoms with Gasteiger partial charge in [-0.1, -0.05) is 32.9 Å². The standard InChI is InChI=1S/C23H28N4O3/c1-7-30-21(28)18-14-25-27-19(11-12-24-20(18)27)16-9-8-10-17(13-16)26(15(2)3)22(29)23(4,5)6/h8-15H,7H2,1-6H3. The lowest BCUT2D eigenvalue weighted by atomic mass is 9.93. The average molecular weight is 409 g/mol. The van der Waals surface area contributed by atoms with Crippen LogP contribution in [0.15, 0.2) is 42.7 Å². The Morgan fingerprint density at radius 3 is 2.57 bits per heavy atom. The van der Waals surface area contributed by atoms with Crippen LogP contribution in [-0.4, -0.2) is 39.1 Å². The summed E-state index contributed by atoms with van der Waals surface area (Å²) in [6, 6.07) is 9.59. The van der Waals surface area contributed by atoms with Gasteiger partial charge in [0.1, 0.15) is 5.56 Å². The van der Waals surface area contributed by atoms with Crippen LogP contribution in [-0.2, 0) is 9.53 Å². The number of hydrogen-bond acceptors (Lipinski definition) is 5. The predicted octanol–water partition coefficient (Wildman–Crippen LogP) is 4.36. The van der Waals surface area contributed by atoms with Crippen LogP contribution in [0.5, 0.6) is 0 Å². The van der Waals surface area contributed by atoms with E-state index in [9.17, 15) is 9.59 Å². The number of aromatic nitrogens is 3. The van der Waals surface area contributed by atoms with Crippen LogP contribution in [0.25, 0.3) is 16.9 Å². The Labute approximate surface area is 176 Å². The van der Waals surface area contributed by atoms with E-state index in [4.69, 9.17) is 4.74 Å². The third-order valence-corrected chi connectivity index (χ3v) is 4.69. The summed E-state index contributed by atoms with van der Waals surface area (Å²) in [7, 11) is 0. The van der Waals surface area contributed by atoms with Crippen LogP contribution < -0.4 is 4.90 Å². The first kappa shape index (κ1) is 21.5. The Kier molecular flexibility index (Phi) is 5.92. The van der Waals surface area contributed by atoms with Gasteiger partial charge in [-0.25, -0.2) is 14.3 Å². The van der Waals surface area contributed by atoms with Gasteiger partial charge in [0.15, 0.2) is 5.65 Å². The highest BCUT2D eigenvalue weighted by molar-refractivity contribution is 5.98. The summed E-state index contributed by atoms with van der Waals surface area (Å²) in [4.78, 5) is 31.4. The van der Waals surface area contributed by atoms with Gasteiger partial charge in [-0.2, -0.15) is 5.10 Å². The SMILES string of the molecule is CCOC(=O)c1cnn2c(-c3cccc(N(C(=O)C(C)(C)C)C(C)C)c3)ccnc12. The minimum atomic E-state index is -0.499. The van der Waals surface area contributed by atoms with E-state index in [1.807, 2.05) is 69.9 Å². The van der Waals surface area contributed by atoms with Gasteiger partial charge in [-0.3, -0.25) is 4.79 Å². The number of anilines is 1. The van der Waals surface area contributed by atoms with Crippen LogP contribution in [0.2, 0.25) is 0 Å². The van der Waals surface area contributed by atoms with Crippen molar-refractivity contribution in [2.24, 2.45) is 5.41 Å². The number of hydrogen-bond donors (Lipinski definition) is 0. The van der Waals surface area contributed by atoms with E-state index in [0.29, 0.717) is 11.2 Å². The number of carbonyl (C=O) groups is 2.